The molecule has 2 bridgehead atoms. The molecule has 2 aliphatic heterocycles. The van der Waals surface area contributed by atoms with Crippen molar-refractivity contribution in [1.29, 1.82) is 0 Å². The summed E-state index contributed by atoms with van der Waals surface area (Å²) in [6, 6.07) is 2.91. The van der Waals surface area contributed by atoms with E-state index in [9.17, 15) is 10.2 Å². The fraction of sp³-hybridized carbons (Fsp3) is 0.643. The maximum absolute atomic E-state index is 9.85. The Labute approximate surface area is 107 Å². The van der Waals surface area contributed by atoms with Crippen molar-refractivity contribution < 1.29 is 10.2 Å². The van der Waals surface area contributed by atoms with Crippen LogP contribution in [0.15, 0.2) is 12.3 Å². The number of hydrogen-bond acceptors (Lipinski definition) is 4. The van der Waals surface area contributed by atoms with Crippen molar-refractivity contribution in [2.24, 2.45) is 0 Å². The summed E-state index contributed by atoms with van der Waals surface area (Å²) in [5.74, 6) is 0. The summed E-state index contributed by atoms with van der Waals surface area (Å²) in [6.07, 6.45) is 5.61. The second-order valence-electron chi connectivity index (χ2n) is 5.53. The first-order valence-electron chi connectivity index (χ1n) is 6.72. The van der Waals surface area contributed by atoms with E-state index in [1.807, 2.05) is 6.92 Å². The van der Waals surface area contributed by atoms with Gasteiger partial charge in [-0.25, -0.2) is 0 Å². The van der Waals surface area contributed by atoms with Gasteiger partial charge in [0.05, 0.1) is 12.7 Å². The zero-order valence-corrected chi connectivity index (χ0v) is 10.7. The lowest BCUT2D eigenvalue weighted by atomic mass is 9.98. The topological polar surface area (TPSA) is 56.6 Å². The predicted molar refractivity (Wildman–Crippen MR) is 69.4 cm³/mol. The van der Waals surface area contributed by atoms with Crippen molar-refractivity contribution in [3.8, 4) is 0 Å². The van der Waals surface area contributed by atoms with Crippen LogP contribution in [0.3, 0.4) is 0 Å². The Hall–Kier alpha value is -1.13. The first kappa shape index (κ1) is 11.9. The van der Waals surface area contributed by atoms with Crippen LogP contribution in [0, 0.1) is 6.92 Å². The zero-order chi connectivity index (χ0) is 12.7. The van der Waals surface area contributed by atoms with E-state index in [4.69, 9.17) is 0 Å². The van der Waals surface area contributed by atoms with E-state index in [2.05, 4.69) is 16.0 Å². The van der Waals surface area contributed by atoms with E-state index in [0.29, 0.717) is 12.1 Å². The molecule has 1 aromatic heterocycles. The first-order chi connectivity index (χ1) is 8.69. The minimum Gasteiger partial charge on any atom is -0.393 e. The van der Waals surface area contributed by atoms with Gasteiger partial charge in [-0.1, -0.05) is 0 Å². The molecule has 4 heteroatoms. The van der Waals surface area contributed by atoms with Gasteiger partial charge in [0.25, 0.3) is 0 Å². The molecule has 2 aliphatic rings. The van der Waals surface area contributed by atoms with Crippen molar-refractivity contribution in [3.63, 3.8) is 0 Å². The maximum atomic E-state index is 9.85. The van der Waals surface area contributed by atoms with E-state index >= 15 is 0 Å². The lowest BCUT2D eigenvalue weighted by molar-refractivity contribution is 0.126. The second-order valence-corrected chi connectivity index (χ2v) is 5.53. The molecule has 18 heavy (non-hydrogen) atoms. The molecule has 3 heterocycles. The van der Waals surface area contributed by atoms with Crippen LogP contribution in [-0.2, 0) is 6.61 Å². The van der Waals surface area contributed by atoms with Crippen molar-refractivity contribution in [2.45, 2.75) is 57.4 Å². The van der Waals surface area contributed by atoms with Gasteiger partial charge in [-0.05, 0) is 38.7 Å². The van der Waals surface area contributed by atoms with Gasteiger partial charge in [-0.2, -0.15) is 0 Å². The molecule has 3 rings (SSSR count). The molecule has 4 nitrogen and oxygen atoms in total. The van der Waals surface area contributed by atoms with Gasteiger partial charge >= 0.3 is 0 Å². The third kappa shape index (κ3) is 1.89. The van der Waals surface area contributed by atoms with Crippen molar-refractivity contribution in [3.05, 3.63) is 23.5 Å². The fourth-order valence-corrected chi connectivity index (χ4v) is 3.48. The van der Waals surface area contributed by atoms with Gasteiger partial charge in [0.2, 0.25) is 0 Å². The highest BCUT2D eigenvalue weighted by molar-refractivity contribution is 5.56. The van der Waals surface area contributed by atoms with Crippen molar-refractivity contribution in [2.75, 3.05) is 4.90 Å². The summed E-state index contributed by atoms with van der Waals surface area (Å²) in [5.41, 5.74) is 2.99. The zero-order valence-electron chi connectivity index (χ0n) is 10.7. The molecule has 2 N–H and O–H groups in total. The highest BCUT2D eigenvalue weighted by Crippen LogP contribution is 2.40. The van der Waals surface area contributed by atoms with Gasteiger partial charge in [0, 0.05) is 35.2 Å². The van der Waals surface area contributed by atoms with Gasteiger partial charge in [-0.3, -0.25) is 4.98 Å². The molecule has 2 saturated heterocycles. The number of pyridine rings is 1. The standard InChI is InChI=1S/C14H20N2O2/c1-9-4-14(10(8-17)7-15-9)16-11-2-3-12(16)6-13(18)5-11/h4,7,11-13,17-18H,2-3,5-6,8H2,1H3. The molecule has 0 amide bonds. The molecule has 98 valence electrons. The van der Waals surface area contributed by atoms with Crippen LogP contribution in [0.1, 0.15) is 36.9 Å². The highest BCUT2D eigenvalue weighted by Gasteiger charge is 2.40. The molecule has 2 fully saturated rings. The van der Waals surface area contributed by atoms with Crippen LogP contribution in [0.5, 0.6) is 0 Å². The highest BCUT2D eigenvalue weighted by atomic mass is 16.3. The number of rotatable bonds is 2. The molecule has 1 aromatic rings. The molecule has 0 aliphatic carbocycles. The van der Waals surface area contributed by atoms with Crippen LogP contribution in [0.2, 0.25) is 0 Å². The monoisotopic (exact) mass is 248 g/mol. The molecular formula is C14H20N2O2. The Morgan fingerprint density at radius 2 is 2.00 bits per heavy atom. The van der Waals surface area contributed by atoms with E-state index in [1.165, 1.54) is 0 Å². The normalized spacial score (nSPS) is 30.8. The SMILES string of the molecule is Cc1cc(N2C3CCC2CC(O)C3)c(CO)cn1. The number of aliphatic hydroxyl groups is 2. The number of hydrogen-bond donors (Lipinski definition) is 2. The molecule has 0 radical (unpaired) electrons. The summed E-state index contributed by atoms with van der Waals surface area (Å²) >= 11 is 0. The maximum Gasteiger partial charge on any atom is 0.0717 e. The number of fused-ring (bicyclic) bond motifs is 2. The molecule has 2 atom stereocenters. The largest absolute Gasteiger partial charge is 0.393 e. The molecule has 0 saturated carbocycles. The summed E-state index contributed by atoms with van der Waals surface area (Å²) in [4.78, 5) is 6.66. The molecular weight excluding hydrogens is 228 g/mol. The number of aryl methyl sites for hydroxylation is 1. The summed E-state index contributed by atoms with van der Waals surface area (Å²) in [6.45, 7) is 2.01. The molecule has 0 aromatic carbocycles. The number of nitrogens with zero attached hydrogens (tertiary/aromatic N) is 2. The Balaban J connectivity index is 1.98. The number of anilines is 1. The van der Waals surface area contributed by atoms with Crippen LogP contribution in [-0.4, -0.2) is 33.4 Å². The predicted octanol–water partition coefficient (Wildman–Crippen LogP) is 1.37. The van der Waals surface area contributed by atoms with Crippen LogP contribution in [0.25, 0.3) is 0 Å². The second kappa shape index (κ2) is 4.52. The van der Waals surface area contributed by atoms with Crippen LogP contribution >= 0.6 is 0 Å². The quantitative estimate of drug-likeness (QED) is 0.830. The van der Waals surface area contributed by atoms with E-state index in [0.717, 1.165) is 42.6 Å². The third-order valence-electron chi connectivity index (χ3n) is 4.26. The summed E-state index contributed by atoms with van der Waals surface area (Å²) < 4.78 is 0. The average molecular weight is 248 g/mol. The van der Waals surface area contributed by atoms with E-state index in [-0.39, 0.29) is 12.7 Å². The smallest absolute Gasteiger partial charge is 0.0717 e. The molecule has 0 spiro atoms. The Morgan fingerprint density at radius 1 is 1.33 bits per heavy atom. The fourth-order valence-electron chi connectivity index (χ4n) is 3.48. The Morgan fingerprint density at radius 3 is 2.61 bits per heavy atom. The average Bonchev–Trinajstić information content (AvgIpc) is 2.61. The Bertz CT molecular complexity index is 435. The molecule has 2 unspecified atom stereocenters. The minimum absolute atomic E-state index is 0.0289. The van der Waals surface area contributed by atoms with Gasteiger partial charge in [0.1, 0.15) is 0 Å². The number of aliphatic hydroxyl groups excluding tert-OH is 2. The first-order valence-corrected chi connectivity index (χ1v) is 6.72. The van der Waals surface area contributed by atoms with Crippen LogP contribution in [0.4, 0.5) is 5.69 Å². The third-order valence-corrected chi connectivity index (χ3v) is 4.26. The van der Waals surface area contributed by atoms with Crippen molar-refractivity contribution >= 4 is 5.69 Å². The minimum atomic E-state index is -0.153. The van der Waals surface area contributed by atoms with Gasteiger partial charge < -0.3 is 15.1 Å². The van der Waals surface area contributed by atoms with Crippen molar-refractivity contribution in [1.82, 2.24) is 4.98 Å². The number of aromatic nitrogens is 1. The van der Waals surface area contributed by atoms with Crippen LogP contribution < -0.4 is 4.90 Å². The number of piperidine rings is 1. The van der Waals surface area contributed by atoms with E-state index in [1.54, 1.807) is 6.20 Å². The Kier molecular flexibility index (Phi) is 2.99. The lowest BCUT2D eigenvalue weighted by Crippen LogP contribution is -2.45. The summed E-state index contributed by atoms with van der Waals surface area (Å²) in [7, 11) is 0. The van der Waals surface area contributed by atoms with E-state index < -0.39 is 0 Å². The summed E-state index contributed by atoms with van der Waals surface area (Å²) in [5, 5.41) is 19.3. The van der Waals surface area contributed by atoms with Gasteiger partial charge in [0.15, 0.2) is 0 Å². The lowest BCUT2D eigenvalue weighted by Gasteiger charge is -2.40. The van der Waals surface area contributed by atoms with Gasteiger partial charge in [-0.15, -0.1) is 0 Å².